The van der Waals surface area contributed by atoms with Crippen molar-refractivity contribution in [3.05, 3.63) is 17.5 Å². The van der Waals surface area contributed by atoms with E-state index in [1.807, 2.05) is 17.5 Å². The molecule has 1 amide bonds. The van der Waals surface area contributed by atoms with Crippen molar-refractivity contribution in [2.75, 3.05) is 13.1 Å². The lowest BCUT2D eigenvalue weighted by Crippen LogP contribution is -2.54. The number of likely N-dealkylation sites (tertiary alicyclic amines) is 1. The lowest BCUT2D eigenvalue weighted by atomic mass is 10.0. The summed E-state index contributed by atoms with van der Waals surface area (Å²) in [7, 11) is 0. The Kier molecular flexibility index (Phi) is 3.18. The SMILES string of the molecule is O=C(O)C1CN(C(=O)Cn2nnc(-c3cccs3)n2)C1. The van der Waals surface area contributed by atoms with Gasteiger partial charge in [-0.2, -0.15) is 4.80 Å². The van der Waals surface area contributed by atoms with Gasteiger partial charge in [-0.15, -0.1) is 21.5 Å². The van der Waals surface area contributed by atoms with Crippen LogP contribution in [0.2, 0.25) is 0 Å². The maximum absolute atomic E-state index is 11.9. The molecule has 0 radical (unpaired) electrons. The normalized spacial score (nSPS) is 15.1. The van der Waals surface area contributed by atoms with Gasteiger partial charge in [-0.25, -0.2) is 0 Å². The lowest BCUT2D eigenvalue weighted by molar-refractivity contribution is -0.153. The highest BCUT2D eigenvalue weighted by Gasteiger charge is 2.35. The maximum atomic E-state index is 11.9. The van der Waals surface area contributed by atoms with Crippen LogP contribution in [0.3, 0.4) is 0 Å². The molecule has 0 spiro atoms. The summed E-state index contributed by atoms with van der Waals surface area (Å²) in [6.45, 7) is 0.478. The van der Waals surface area contributed by atoms with Crippen molar-refractivity contribution >= 4 is 23.2 Å². The Bertz CT molecular complexity index is 632. The number of carboxylic acid groups (broad SMARTS) is 1. The first-order valence-electron chi connectivity index (χ1n) is 5.96. The van der Waals surface area contributed by atoms with E-state index in [4.69, 9.17) is 5.11 Å². The fourth-order valence-electron chi connectivity index (χ4n) is 1.87. The van der Waals surface area contributed by atoms with Crippen LogP contribution in [-0.2, 0) is 16.1 Å². The predicted molar refractivity (Wildman–Crippen MR) is 68.8 cm³/mol. The summed E-state index contributed by atoms with van der Waals surface area (Å²) in [5.74, 6) is -1.03. The second-order valence-electron chi connectivity index (χ2n) is 4.45. The Balaban J connectivity index is 1.59. The minimum absolute atomic E-state index is 0.0231. The van der Waals surface area contributed by atoms with Crippen molar-refractivity contribution in [3.8, 4) is 10.7 Å². The van der Waals surface area contributed by atoms with Gasteiger partial charge in [0.1, 0.15) is 6.54 Å². The smallest absolute Gasteiger partial charge is 0.310 e. The minimum atomic E-state index is -0.868. The number of nitrogens with zero attached hydrogens (tertiary/aromatic N) is 5. The molecule has 104 valence electrons. The number of aromatic nitrogens is 4. The van der Waals surface area contributed by atoms with Crippen molar-refractivity contribution in [2.45, 2.75) is 6.54 Å². The molecule has 0 saturated carbocycles. The number of carbonyl (C=O) groups is 2. The maximum Gasteiger partial charge on any atom is 0.310 e. The average Bonchev–Trinajstić information content (AvgIpc) is 2.95. The number of rotatable bonds is 4. The number of carbonyl (C=O) groups excluding carboxylic acids is 1. The highest BCUT2D eigenvalue weighted by molar-refractivity contribution is 7.13. The zero-order valence-corrected chi connectivity index (χ0v) is 11.2. The molecule has 3 heterocycles. The van der Waals surface area contributed by atoms with Crippen LogP contribution in [0.15, 0.2) is 17.5 Å². The number of hydrogen-bond acceptors (Lipinski definition) is 6. The summed E-state index contributed by atoms with van der Waals surface area (Å²) in [6, 6.07) is 3.76. The van der Waals surface area contributed by atoms with Crippen molar-refractivity contribution < 1.29 is 14.7 Å². The molecule has 0 aromatic carbocycles. The number of amides is 1. The first-order valence-corrected chi connectivity index (χ1v) is 6.83. The van der Waals surface area contributed by atoms with Gasteiger partial charge >= 0.3 is 5.97 Å². The summed E-state index contributed by atoms with van der Waals surface area (Å²) < 4.78 is 0. The molecule has 9 heteroatoms. The van der Waals surface area contributed by atoms with Gasteiger partial charge in [0.15, 0.2) is 0 Å². The lowest BCUT2D eigenvalue weighted by Gasteiger charge is -2.36. The quantitative estimate of drug-likeness (QED) is 0.847. The fourth-order valence-corrected chi connectivity index (χ4v) is 2.52. The molecule has 1 fully saturated rings. The molecule has 8 nitrogen and oxygen atoms in total. The Labute approximate surface area is 117 Å². The van der Waals surface area contributed by atoms with Gasteiger partial charge in [0.05, 0.1) is 10.8 Å². The molecule has 1 saturated heterocycles. The molecule has 1 aliphatic rings. The molecule has 0 atom stereocenters. The van der Waals surface area contributed by atoms with Crippen molar-refractivity contribution in [3.63, 3.8) is 0 Å². The molecule has 1 aliphatic heterocycles. The predicted octanol–water partition coefficient (Wildman–Crippen LogP) is -0.0554. The highest BCUT2D eigenvalue weighted by Crippen LogP contribution is 2.20. The molecule has 0 aliphatic carbocycles. The summed E-state index contributed by atoms with van der Waals surface area (Å²) in [6.07, 6.45) is 0. The van der Waals surface area contributed by atoms with Crippen LogP contribution >= 0.6 is 11.3 Å². The Morgan fingerprint density at radius 1 is 1.45 bits per heavy atom. The van der Waals surface area contributed by atoms with Crippen LogP contribution in [-0.4, -0.2) is 55.2 Å². The fraction of sp³-hybridized carbons (Fsp3) is 0.364. The van der Waals surface area contributed by atoms with Gasteiger partial charge in [-0.1, -0.05) is 6.07 Å². The topological polar surface area (TPSA) is 101 Å². The molecule has 0 unspecified atom stereocenters. The van der Waals surface area contributed by atoms with Crippen LogP contribution in [0, 0.1) is 5.92 Å². The third-order valence-corrected chi connectivity index (χ3v) is 3.92. The number of hydrogen-bond donors (Lipinski definition) is 1. The van der Waals surface area contributed by atoms with Gasteiger partial charge < -0.3 is 10.0 Å². The zero-order chi connectivity index (χ0) is 14.1. The van der Waals surface area contributed by atoms with Gasteiger partial charge in [0.2, 0.25) is 11.7 Å². The monoisotopic (exact) mass is 293 g/mol. The molecular formula is C11H11N5O3S. The first-order chi connectivity index (χ1) is 9.63. The van der Waals surface area contributed by atoms with E-state index in [1.54, 1.807) is 0 Å². The van der Waals surface area contributed by atoms with Gasteiger partial charge in [-0.3, -0.25) is 9.59 Å². The van der Waals surface area contributed by atoms with Crippen LogP contribution in [0.4, 0.5) is 0 Å². The van der Waals surface area contributed by atoms with Crippen LogP contribution in [0.25, 0.3) is 10.7 Å². The van der Waals surface area contributed by atoms with Gasteiger partial charge in [-0.05, 0) is 16.7 Å². The summed E-state index contributed by atoms with van der Waals surface area (Å²) >= 11 is 1.49. The van der Waals surface area contributed by atoms with E-state index in [2.05, 4.69) is 15.4 Å². The van der Waals surface area contributed by atoms with Crippen LogP contribution < -0.4 is 0 Å². The van der Waals surface area contributed by atoms with E-state index in [0.717, 1.165) is 4.88 Å². The van der Waals surface area contributed by atoms with E-state index in [9.17, 15) is 9.59 Å². The third-order valence-electron chi connectivity index (χ3n) is 3.05. The minimum Gasteiger partial charge on any atom is -0.481 e. The summed E-state index contributed by atoms with van der Waals surface area (Å²) in [4.78, 5) is 26.1. The second-order valence-corrected chi connectivity index (χ2v) is 5.40. The molecule has 2 aromatic rings. The van der Waals surface area contributed by atoms with E-state index >= 15 is 0 Å². The number of aliphatic carboxylic acids is 1. The molecule has 3 rings (SSSR count). The van der Waals surface area contributed by atoms with Crippen LogP contribution in [0.5, 0.6) is 0 Å². The van der Waals surface area contributed by atoms with E-state index in [0.29, 0.717) is 5.82 Å². The number of carboxylic acids is 1. The summed E-state index contributed by atoms with van der Waals surface area (Å²) in [5.41, 5.74) is 0. The second kappa shape index (κ2) is 5.00. The van der Waals surface area contributed by atoms with Crippen molar-refractivity contribution in [2.24, 2.45) is 5.92 Å². The Morgan fingerprint density at radius 2 is 2.25 bits per heavy atom. The first kappa shape index (κ1) is 12.7. The standard InChI is InChI=1S/C11H11N5O3S/c17-9(15-4-7(5-15)11(18)19)6-16-13-10(12-14-16)8-2-1-3-20-8/h1-3,7H,4-6H2,(H,18,19). The van der Waals surface area contributed by atoms with E-state index < -0.39 is 11.9 Å². The molecule has 0 bridgehead atoms. The molecule has 20 heavy (non-hydrogen) atoms. The Morgan fingerprint density at radius 3 is 2.90 bits per heavy atom. The zero-order valence-electron chi connectivity index (χ0n) is 10.3. The molecular weight excluding hydrogens is 282 g/mol. The highest BCUT2D eigenvalue weighted by atomic mass is 32.1. The van der Waals surface area contributed by atoms with Crippen molar-refractivity contribution in [1.29, 1.82) is 0 Å². The van der Waals surface area contributed by atoms with Gasteiger partial charge in [0.25, 0.3) is 0 Å². The number of tetrazole rings is 1. The third kappa shape index (κ3) is 2.39. The largest absolute Gasteiger partial charge is 0.481 e. The Hall–Kier alpha value is -2.29. The molecule has 2 aromatic heterocycles. The van der Waals surface area contributed by atoms with Crippen LogP contribution in [0.1, 0.15) is 0 Å². The van der Waals surface area contributed by atoms with Crippen molar-refractivity contribution in [1.82, 2.24) is 25.1 Å². The molecule has 1 N–H and O–H groups in total. The van der Waals surface area contributed by atoms with Gasteiger partial charge in [0, 0.05) is 13.1 Å². The van der Waals surface area contributed by atoms with E-state index in [-0.39, 0.29) is 25.5 Å². The number of thiophene rings is 1. The summed E-state index contributed by atoms with van der Waals surface area (Å²) in [5, 5.41) is 22.5. The average molecular weight is 293 g/mol. The van der Waals surface area contributed by atoms with E-state index in [1.165, 1.54) is 21.0 Å².